The summed E-state index contributed by atoms with van der Waals surface area (Å²) in [5.41, 5.74) is 5.99. The van der Waals surface area contributed by atoms with Crippen molar-refractivity contribution in [2.75, 3.05) is 19.8 Å². The van der Waals surface area contributed by atoms with Crippen LogP contribution >= 0.6 is 0 Å². The number of esters is 1. The minimum Gasteiger partial charge on any atom is -0.462 e. The van der Waals surface area contributed by atoms with Crippen LogP contribution in [0.4, 0.5) is 9.18 Å². The highest BCUT2D eigenvalue weighted by atomic mass is 19.1. The van der Waals surface area contributed by atoms with Crippen LogP contribution in [0.5, 0.6) is 0 Å². The molecule has 0 aromatic rings. The lowest BCUT2D eigenvalue weighted by Gasteiger charge is -2.46. The fraction of sp³-hybridized carbons (Fsp3) is 0.667. The molecule has 2 amide bonds. The molecule has 20 heteroatoms. The van der Waals surface area contributed by atoms with Crippen LogP contribution < -0.4 is 16.4 Å². The third kappa shape index (κ3) is 21.9. The van der Waals surface area contributed by atoms with Crippen LogP contribution in [0.25, 0.3) is 0 Å². The molecule has 2 saturated heterocycles. The van der Waals surface area contributed by atoms with E-state index in [1.807, 2.05) is 25.2 Å². The highest BCUT2D eigenvalue weighted by Crippen LogP contribution is 2.35. The van der Waals surface area contributed by atoms with Gasteiger partial charge in [0.1, 0.15) is 12.2 Å². The molecular formula is C48H76FN3O16. The number of hydrogen-bond acceptors (Lipinski definition) is 17. The van der Waals surface area contributed by atoms with Crippen LogP contribution in [0.3, 0.4) is 0 Å². The maximum atomic E-state index is 12.9. The maximum Gasteiger partial charge on any atom is 0.315 e. The van der Waals surface area contributed by atoms with E-state index in [4.69, 9.17) is 24.7 Å². The second kappa shape index (κ2) is 30.8. The van der Waals surface area contributed by atoms with Crippen molar-refractivity contribution >= 4 is 12.0 Å². The van der Waals surface area contributed by atoms with Crippen LogP contribution in [0, 0.1) is 5.92 Å². The number of urea groups is 1. The summed E-state index contributed by atoms with van der Waals surface area (Å²) in [7, 11) is 0. The number of nitrogens with two attached hydrogens (primary N) is 1. The largest absolute Gasteiger partial charge is 0.462 e. The Hall–Kier alpha value is -3.71. The molecule has 3 rings (SSSR count). The number of nitrogens with one attached hydrogen (secondary N) is 2. The molecule has 0 radical (unpaired) electrons. The zero-order valence-corrected chi connectivity index (χ0v) is 38.9. The van der Waals surface area contributed by atoms with Gasteiger partial charge in [0, 0.05) is 44.6 Å². The van der Waals surface area contributed by atoms with Gasteiger partial charge in [-0.1, -0.05) is 92.0 Å². The number of aliphatic hydroxyl groups is 10. The van der Waals surface area contributed by atoms with Crippen molar-refractivity contribution in [3.8, 4) is 0 Å². The van der Waals surface area contributed by atoms with Crippen LogP contribution in [0.15, 0.2) is 85.1 Å². The fourth-order valence-corrected chi connectivity index (χ4v) is 7.83. The van der Waals surface area contributed by atoms with E-state index >= 15 is 0 Å². The normalized spacial score (nSPS) is 41.7. The predicted octanol–water partition coefficient (Wildman–Crippen LogP) is 0.404. The molecule has 2 fully saturated rings. The van der Waals surface area contributed by atoms with E-state index < -0.39 is 142 Å². The van der Waals surface area contributed by atoms with Gasteiger partial charge in [-0.05, 0) is 32.6 Å². The second-order valence-corrected chi connectivity index (χ2v) is 17.8. The van der Waals surface area contributed by atoms with Crippen molar-refractivity contribution in [2.45, 2.75) is 175 Å². The third-order valence-electron chi connectivity index (χ3n) is 11.7. The number of allylic oxidation sites excluding steroid dienone is 12. The Kier molecular flexibility index (Phi) is 26.5. The lowest BCUT2D eigenvalue weighted by Crippen LogP contribution is -2.63. The second-order valence-electron chi connectivity index (χ2n) is 17.8. The van der Waals surface area contributed by atoms with E-state index in [-0.39, 0.29) is 57.6 Å². The number of carbonyl (C=O) groups excluding carboxylic acids is 2. The summed E-state index contributed by atoms with van der Waals surface area (Å²) >= 11 is 0. The first-order valence-corrected chi connectivity index (χ1v) is 23.3. The summed E-state index contributed by atoms with van der Waals surface area (Å²) < 4.78 is 36.0. The molecule has 0 unspecified atom stereocenters. The molecule has 0 spiro atoms. The summed E-state index contributed by atoms with van der Waals surface area (Å²) in [6.07, 6.45) is 5.47. The first-order valence-electron chi connectivity index (χ1n) is 23.3. The number of alkyl halides is 1. The van der Waals surface area contributed by atoms with Crippen LogP contribution in [0.2, 0.25) is 0 Å². The fourth-order valence-electron chi connectivity index (χ4n) is 7.83. The summed E-state index contributed by atoms with van der Waals surface area (Å²) in [4.78, 5) is 25.4. The van der Waals surface area contributed by atoms with Gasteiger partial charge in [0.15, 0.2) is 12.1 Å². The summed E-state index contributed by atoms with van der Waals surface area (Å²) in [6, 6.07) is -3.12. The Morgan fingerprint density at radius 1 is 0.750 bits per heavy atom. The molecular weight excluding hydrogens is 894 g/mol. The van der Waals surface area contributed by atoms with E-state index in [9.17, 15) is 65.0 Å². The van der Waals surface area contributed by atoms with Gasteiger partial charge in [-0.15, -0.1) is 0 Å². The number of aliphatic hydroxyl groups excluding tert-OH is 9. The number of fused-ring (bicyclic) bond motifs is 2. The average Bonchev–Trinajstić information content (AvgIpc) is 3.26. The molecule has 0 aromatic heterocycles. The van der Waals surface area contributed by atoms with Crippen molar-refractivity contribution in [2.24, 2.45) is 11.7 Å². The van der Waals surface area contributed by atoms with Gasteiger partial charge in [-0.25, -0.2) is 4.79 Å². The van der Waals surface area contributed by atoms with Crippen LogP contribution in [-0.4, -0.2) is 180 Å². The molecule has 19 nitrogen and oxygen atoms in total. The zero-order valence-electron chi connectivity index (χ0n) is 38.9. The van der Waals surface area contributed by atoms with Crippen LogP contribution in [0.1, 0.15) is 78.1 Å². The molecule has 386 valence electrons. The molecule has 68 heavy (non-hydrogen) atoms. The molecule has 0 aromatic carbocycles. The van der Waals surface area contributed by atoms with E-state index in [1.165, 1.54) is 0 Å². The molecule has 3 heterocycles. The monoisotopic (exact) mass is 970 g/mol. The highest BCUT2D eigenvalue weighted by molar-refractivity contribution is 5.74. The summed E-state index contributed by atoms with van der Waals surface area (Å²) in [5.74, 6) is -3.27. The SMILES string of the molecule is C[C@H]1C[C@H](O)[C@@H](C)/C=C/C=C/C=C/C=C/C=C/C=C/C=C/[C@H](O[C@@H]2OC[C@@H](O)[C@H](N)[C@@H]2O)C[C@@H]2O[C@](O)(C[C@@H](O)C[C@@H](O)[C@H](O)CC[C@@H](O)C[C@@H](O)CC(=O)O1)C[C@H](O)[C@H]2NC(=O)NCCCF. The average molecular weight is 970 g/mol. The number of ether oxygens (including phenoxy) is 4. The minimum absolute atomic E-state index is 0.0237. The minimum atomic E-state index is -2.28. The number of hydrogen-bond donors (Lipinski definition) is 13. The molecule has 17 atom stereocenters. The Morgan fingerprint density at radius 2 is 1.37 bits per heavy atom. The quantitative estimate of drug-likeness (QED) is 0.127. The van der Waals surface area contributed by atoms with Crippen molar-refractivity contribution < 1.29 is 84.0 Å². The summed E-state index contributed by atoms with van der Waals surface area (Å²) in [6.45, 7) is 2.47. The Morgan fingerprint density at radius 3 is 2.00 bits per heavy atom. The molecule has 2 bridgehead atoms. The number of rotatable bonds is 6. The molecule has 0 aliphatic carbocycles. The number of cyclic esters (lactones) is 1. The highest BCUT2D eigenvalue weighted by Gasteiger charge is 2.48. The van der Waals surface area contributed by atoms with E-state index in [0.717, 1.165) is 0 Å². The van der Waals surface area contributed by atoms with Gasteiger partial charge < -0.3 is 86.4 Å². The molecule has 3 aliphatic heterocycles. The summed E-state index contributed by atoms with van der Waals surface area (Å²) in [5, 5.41) is 113. The van der Waals surface area contributed by atoms with Gasteiger partial charge in [0.2, 0.25) is 0 Å². The lowest BCUT2D eigenvalue weighted by atomic mass is 9.87. The predicted molar refractivity (Wildman–Crippen MR) is 248 cm³/mol. The topological polar surface area (TPSA) is 323 Å². The van der Waals surface area contributed by atoms with Crippen molar-refractivity contribution in [3.05, 3.63) is 85.1 Å². The molecule has 0 saturated carbocycles. The van der Waals surface area contributed by atoms with Gasteiger partial charge in [0.05, 0.1) is 92.8 Å². The van der Waals surface area contributed by atoms with Gasteiger partial charge >= 0.3 is 12.0 Å². The smallest absolute Gasteiger partial charge is 0.315 e. The Bertz CT molecular complexity index is 1700. The lowest BCUT2D eigenvalue weighted by molar-refractivity contribution is -0.299. The maximum absolute atomic E-state index is 12.9. The van der Waals surface area contributed by atoms with E-state index in [0.29, 0.717) is 0 Å². The molecule has 3 aliphatic rings. The first kappa shape index (κ1) is 58.6. The van der Waals surface area contributed by atoms with Crippen molar-refractivity contribution in [1.82, 2.24) is 10.6 Å². The Balaban J connectivity index is 1.89. The zero-order chi connectivity index (χ0) is 50.2. The van der Waals surface area contributed by atoms with E-state index in [2.05, 4.69) is 10.6 Å². The third-order valence-corrected chi connectivity index (χ3v) is 11.7. The number of halogens is 1. The van der Waals surface area contributed by atoms with Gasteiger partial charge in [-0.3, -0.25) is 9.18 Å². The van der Waals surface area contributed by atoms with Crippen molar-refractivity contribution in [1.29, 1.82) is 0 Å². The molecule has 14 N–H and O–H groups in total. The van der Waals surface area contributed by atoms with Crippen molar-refractivity contribution in [3.63, 3.8) is 0 Å². The van der Waals surface area contributed by atoms with E-state index in [1.54, 1.807) is 73.8 Å². The van der Waals surface area contributed by atoms with Gasteiger partial charge in [0.25, 0.3) is 0 Å². The van der Waals surface area contributed by atoms with Crippen LogP contribution in [-0.2, 0) is 23.7 Å². The number of amides is 2. The Labute approximate surface area is 397 Å². The van der Waals surface area contributed by atoms with Gasteiger partial charge in [-0.2, -0.15) is 0 Å². The first-order chi connectivity index (χ1) is 32.3. The number of carbonyl (C=O) groups is 2. The standard InChI is InChI=1S/C48H76FN3O16/c1-30-16-13-11-9-7-5-3-4-6-8-10-12-14-17-35(67-46-45(62)43(50)40(60)29-65-46)26-41-44(52-47(63)51-21-15-20-49)39(59)28-48(64,68-41)27-34(55)24-38(58)36(56)19-18-32(53)23-33(54)25-42(61)66-31(2)22-37(30)57/h3-14,16-17,30-41,43-46,53-60,62,64H,15,18-29,50H2,1-2H3,(H2,51,52,63)/b4-3+,7-5+,8-6+,11-9+,12-10+,16-13+,17-14+/t30-,31-,32+,33+,34-,35-,36+,37-,38+,39-,40+,41-,43-,44+,45-,46-,48+/m0/s1.